The number of ketones is 1. The largest absolute Gasteiger partial charge is 0.322 e. The number of carbonyl (C=O) groups is 2. The van der Waals surface area contributed by atoms with Gasteiger partial charge in [0.05, 0.1) is 5.56 Å². The average Bonchev–Trinajstić information content (AvgIpc) is 2.62. The van der Waals surface area contributed by atoms with E-state index in [1.165, 1.54) is 18.2 Å². The monoisotopic (exact) mass is 353 g/mol. The highest BCUT2D eigenvalue weighted by Gasteiger charge is 2.18. The molecular formula is C20H13ClFNO2. The van der Waals surface area contributed by atoms with Crippen LogP contribution in [-0.4, -0.2) is 11.7 Å². The minimum Gasteiger partial charge on any atom is -0.322 e. The summed E-state index contributed by atoms with van der Waals surface area (Å²) in [6, 6.07) is 18.5. The number of anilines is 1. The Morgan fingerprint density at radius 2 is 1.52 bits per heavy atom. The van der Waals surface area contributed by atoms with Crippen molar-refractivity contribution in [3.8, 4) is 0 Å². The van der Waals surface area contributed by atoms with Crippen molar-refractivity contribution in [3.63, 3.8) is 0 Å². The van der Waals surface area contributed by atoms with Crippen LogP contribution in [0.5, 0.6) is 0 Å². The predicted molar refractivity (Wildman–Crippen MR) is 95.7 cm³/mol. The van der Waals surface area contributed by atoms with E-state index < -0.39 is 11.7 Å². The number of rotatable bonds is 4. The lowest BCUT2D eigenvalue weighted by molar-refractivity contribution is 0.0996. The highest BCUT2D eigenvalue weighted by molar-refractivity contribution is 6.30. The van der Waals surface area contributed by atoms with Gasteiger partial charge in [-0.3, -0.25) is 9.59 Å². The molecule has 3 rings (SSSR count). The number of benzene rings is 3. The molecule has 25 heavy (non-hydrogen) atoms. The van der Waals surface area contributed by atoms with Crippen LogP contribution in [0.4, 0.5) is 10.1 Å². The molecule has 0 heterocycles. The van der Waals surface area contributed by atoms with Gasteiger partial charge >= 0.3 is 0 Å². The number of halogens is 2. The van der Waals surface area contributed by atoms with Crippen LogP contribution in [0, 0.1) is 5.82 Å². The maximum Gasteiger partial charge on any atom is 0.256 e. The summed E-state index contributed by atoms with van der Waals surface area (Å²) < 4.78 is 13.3. The maximum atomic E-state index is 13.3. The van der Waals surface area contributed by atoms with E-state index in [2.05, 4.69) is 5.32 Å². The summed E-state index contributed by atoms with van der Waals surface area (Å²) in [5.74, 6) is -1.23. The second-order valence-corrected chi connectivity index (χ2v) is 5.78. The molecule has 0 saturated heterocycles. The number of hydrogen-bond acceptors (Lipinski definition) is 2. The van der Waals surface area contributed by atoms with Crippen LogP contribution in [0.15, 0.2) is 72.8 Å². The molecule has 0 aromatic heterocycles. The Hall–Kier alpha value is -2.98. The summed E-state index contributed by atoms with van der Waals surface area (Å²) in [4.78, 5) is 25.2. The summed E-state index contributed by atoms with van der Waals surface area (Å²) in [5.41, 5.74) is 1.22. The van der Waals surface area contributed by atoms with Gasteiger partial charge in [0.1, 0.15) is 5.82 Å². The maximum absolute atomic E-state index is 13.3. The molecule has 1 amide bonds. The van der Waals surface area contributed by atoms with Gasteiger partial charge in [0.25, 0.3) is 5.91 Å². The molecule has 1 N–H and O–H groups in total. The van der Waals surface area contributed by atoms with Crippen LogP contribution < -0.4 is 5.32 Å². The Kier molecular flexibility index (Phi) is 4.91. The first-order chi connectivity index (χ1) is 12.0. The molecule has 5 heteroatoms. The van der Waals surface area contributed by atoms with Crippen LogP contribution in [-0.2, 0) is 0 Å². The first kappa shape index (κ1) is 16.9. The summed E-state index contributed by atoms with van der Waals surface area (Å²) in [5, 5.41) is 3.12. The number of nitrogens with one attached hydrogen (secondary N) is 1. The van der Waals surface area contributed by atoms with E-state index >= 15 is 0 Å². The molecule has 3 nitrogen and oxygen atoms in total. The summed E-state index contributed by atoms with van der Waals surface area (Å²) in [6.45, 7) is 0. The Bertz CT molecular complexity index is 938. The Labute approximate surface area is 149 Å². The van der Waals surface area contributed by atoms with Crippen molar-refractivity contribution in [2.45, 2.75) is 0 Å². The molecule has 0 unspecified atom stereocenters. The molecule has 0 atom stereocenters. The van der Waals surface area contributed by atoms with E-state index in [1.54, 1.807) is 54.6 Å². The highest BCUT2D eigenvalue weighted by Crippen LogP contribution is 2.19. The van der Waals surface area contributed by atoms with Crippen LogP contribution in [0.25, 0.3) is 0 Å². The molecular weight excluding hydrogens is 341 g/mol. The van der Waals surface area contributed by atoms with Crippen molar-refractivity contribution in [2.24, 2.45) is 0 Å². The molecule has 0 radical (unpaired) electrons. The highest BCUT2D eigenvalue weighted by atomic mass is 35.5. The van der Waals surface area contributed by atoms with E-state index in [0.29, 0.717) is 16.3 Å². The second-order valence-electron chi connectivity index (χ2n) is 5.35. The van der Waals surface area contributed by atoms with E-state index in [1.807, 2.05) is 0 Å². The normalized spacial score (nSPS) is 10.3. The van der Waals surface area contributed by atoms with Crippen LogP contribution in [0.3, 0.4) is 0 Å². The molecule has 0 aliphatic heterocycles. The third-order valence-corrected chi connectivity index (χ3v) is 3.86. The quantitative estimate of drug-likeness (QED) is 0.674. The lowest BCUT2D eigenvalue weighted by Crippen LogP contribution is -2.17. The summed E-state index contributed by atoms with van der Waals surface area (Å²) in [7, 11) is 0. The van der Waals surface area contributed by atoms with Crippen molar-refractivity contribution in [3.05, 3.63) is 100 Å². The molecule has 0 aliphatic carbocycles. The molecule has 124 valence electrons. The molecule has 0 bridgehead atoms. The van der Waals surface area contributed by atoms with Crippen molar-refractivity contribution in [1.29, 1.82) is 0 Å². The van der Waals surface area contributed by atoms with Gasteiger partial charge in [0.15, 0.2) is 5.78 Å². The second kappa shape index (κ2) is 7.28. The third kappa shape index (κ3) is 3.92. The average molecular weight is 354 g/mol. The van der Waals surface area contributed by atoms with Gasteiger partial charge in [-0.25, -0.2) is 4.39 Å². The smallest absolute Gasteiger partial charge is 0.256 e. The molecule has 0 spiro atoms. The fourth-order valence-electron chi connectivity index (χ4n) is 2.40. The zero-order valence-electron chi connectivity index (χ0n) is 13.0. The minimum absolute atomic E-state index is 0.215. The topological polar surface area (TPSA) is 46.2 Å². The number of amides is 1. The van der Waals surface area contributed by atoms with Gasteiger partial charge < -0.3 is 5.32 Å². The minimum atomic E-state index is -0.483. The van der Waals surface area contributed by atoms with E-state index in [4.69, 9.17) is 11.6 Å². The van der Waals surface area contributed by atoms with Gasteiger partial charge in [-0.15, -0.1) is 0 Å². The Morgan fingerprint density at radius 1 is 0.840 bits per heavy atom. The lowest BCUT2D eigenvalue weighted by atomic mass is 9.98. The number of carbonyl (C=O) groups excluding carboxylic acids is 2. The van der Waals surface area contributed by atoms with Gasteiger partial charge in [0, 0.05) is 21.8 Å². The Balaban J connectivity index is 1.91. The van der Waals surface area contributed by atoms with E-state index in [0.717, 1.165) is 0 Å². The predicted octanol–water partition coefficient (Wildman–Crippen LogP) is 4.96. The SMILES string of the molecule is O=C(Nc1cccc(F)c1)c1ccccc1C(=O)c1ccc(Cl)cc1. The molecule has 3 aromatic carbocycles. The van der Waals surface area contributed by atoms with E-state index in [9.17, 15) is 14.0 Å². The molecule has 0 saturated carbocycles. The molecule has 0 fully saturated rings. The van der Waals surface area contributed by atoms with Crippen molar-refractivity contribution < 1.29 is 14.0 Å². The Morgan fingerprint density at radius 3 is 2.20 bits per heavy atom. The summed E-state index contributed by atoms with van der Waals surface area (Å²) in [6.07, 6.45) is 0. The molecule has 0 aliphatic rings. The summed E-state index contributed by atoms with van der Waals surface area (Å²) >= 11 is 5.84. The zero-order valence-corrected chi connectivity index (χ0v) is 13.8. The van der Waals surface area contributed by atoms with Gasteiger partial charge in [-0.2, -0.15) is 0 Å². The first-order valence-electron chi connectivity index (χ1n) is 7.51. The van der Waals surface area contributed by atoms with Gasteiger partial charge in [-0.1, -0.05) is 35.9 Å². The number of hydrogen-bond donors (Lipinski definition) is 1. The van der Waals surface area contributed by atoms with Crippen LogP contribution in [0.2, 0.25) is 5.02 Å². The van der Waals surface area contributed by atoms with Gasteiger partial charge in [0.2, 0.25) is 0 Å². The van der Waals surface area contributed by atoms with Crippen LogP contribution in [0.1, 0.15) is 26.3 Å². The first-order valence-corrected chi connectivity index (χ1v) is 7.88. The third-order valence-electron chi connectivity index (χ3n) is 3.61. The fraction of sp³-hybridized carbons (Fsp3) is 0. The van der Waals surface area contributed by atoms with Crippen molar-refractivity contribution in [2.75, 3.05) is 5.32 Å². The van der Waals surface area contributed by atoms with E-state index in [-0.39, 0.29) is 16.9 Å². The van der Waals surface area contributed by atoms with Crippen molar-refractivity contribution >= 4 is 29.0 Å². The van der Waals surface area contributed by atoms with Crippen molar-refractivity contribution in [1.82, 2.24) is 0 Å². The van der Waals surface area contributed by atoms with Crippen LogP contribution >= 0.6 is 11.6 Å². The zero-order chi connectivity index (χ0) is 17.8. The lowest BCUT2D eigenvalue weighted by Gasteiger charge is -2.10. The molecule has 3 aromatic rings. The standard InChI is InChI=1S/C20H13ClFNO2/c21-14-10-8-13(9-11-14)19(24)17-6-1-2-7-18(17)20(25)23-16-5-3-4-15(22)12-16/h1-12H,(H,23,25). The fourth-order valence-corrected chi connectivity index (χ4v) is 2.53. The van der Waals surface area contributed by atoms with Gasteiger partial charge in [-0.05, 0) is 48.5 Å².